The number of rotatable bonds is 7. The summed E-state index contributed by atoms with van der Waals surface area (Å²) in [5.41, 5.74) is 1.78. The second-order valence-electron chi connectivity index (χ2n) is 5.08. The average molecular weight is 263 g/mol. The molecular weight excluding hydrogens is 242 g/mol. The standard InChI is InChI=1S/C15H21NO3/c1-15(7-8-17,11-18-2)16-9-12-10-19-14-6-4-3-5-13(12)14/h3-6,10,16-17H,7-9,11H2,1-2H3. The topological polar surface area (TPSA) is 54.6 Å². The SMILES string of the molecule is COCC(C)(CCO)NCc1coc2ccccc12. The predicted octanol–water partition coefficient (Wildman–Crippen LogP) is 2.31. The normalized spacial score (nSPS) is 14.7. The maximum absolute atomic E-state index is 9.14. The molecule has 2 aromatic rings. The van der Waals surface area contributed by atoms with Crippen LogP contribution in [0.2, 0.25) is 0 Å². The molecule has 1 unspecified atom stereocenters. The highest BCUT2D eigenvalue weighted by Gasteiger charge is 2.23. The molecule has 0 amide bonds. The van der Waals surface area contributed by atoms with E-state index in [1.165, 1.54) is 0 Å². The summed E-state index contributed by atoms with van der Waals surface area (Å²) in [6.45, 7) is 3.44. The third-order valence-corrected chi connectivity index (χ3v) is 3.39. The van der Waals surface area contributed by atoms with Crippen molar-refractivity contribution in [2.24, 2.45) is 0 Å². The van der Waals surface area contributed by atoms with Crippen LogP contribution < -0.4 is 5.32 Å². The van der Waals surface area contributed by atoms with Crippen molar-refractivity contribution in [1.29, 1.82) is 0 Å². The zero-order valence-corrected chi connectivity index (χ0v) is 11.5. The third-order valence-electron chi connectivity index (χ3n) is 3.39. The van der Waals surface area contributed by atoms with Gasteiger partial charge in [-0.15, -0.1) is 0 Å². The summed E-state index contributed by atoms with van der Waals surface area (Å²) in [6.07, 6.45) is 2.43. The van der Waals surface area contributed by atoms with E-state index in [1.807, 2.05) is 18.2 Å². The van der Waals surface area contributed by atoms with Crippen LogP contribution >= 0.6 is 0 Å². The molecule has 0 radical (unpaired) electrons. The molecule has 2 rings (SSSR count). The molecule has 1 atom stereocenters. The van der Waals surface area contributed by atoms with Crippen LogP contribution in [-0.2, 0) is 11.3 Å². The van der Waals surface area contributed by atoms with E-state index in [4.69, 9.17) is 14.3 Å². The number of aliphatic hydroxyl groups excluding tert-OH is 1. The van der Waals surface area contributed by atoms with Crippen molar-refractivity contribution in [3.63, 3.8) is 0 Å². The Morgan fingerprint density at radius 3 is 2.89 bits per heavy atom. The second-order valence-corrected chi connectivity index (χ2v) is 5.08. The fourth-order valence-corrected chi connectivity index (χ4v) is 2.26. The van der Waals surface area contributed by atoms with Crippen molar-refractivity contribution in [2.45, 2.75) is 25.4 Å². The molecule has 4 heteroatoms. The molecule has 1 aromatic heterocycles. The number of hydrogen-bond acceptors (Lipinski definition) is 4. The van der Waals surface area contributed by atoms with E-state index in [-0.39, 0.29) is 12.1 Å². The Kier molecular flexibility index (Phi) is 4.58. The first-order valence-electron chi connectivity index (χ1n) is 6.48. The van der Waals surface area contributed by atoms with Crippen LogP contribution in [-0.4, -0.2) is 31.0 Å². The minimum Gasteiger partial charge on any atom is -0.464 e. The number of ether oxygens (including phenoxy) is 1. The first-order chi connectivity index (χ1) is 9.18. The van der Waals surface area contributed by atoms with Gasteiger partial charge >= 0.3 is 0 Å². The molecule has 2 N–H and O–H groups in total. The minimum atomic E-state index is -0.234. The largest absolute Gasteiger partial charge is 0.464 e. The number of benzene rings is 1. The fourth-order valence-electron chi connectivity index (χ4n) is 2.26. The Labute approximate surface area is 113 Å². The highest BCUT2D eigenvalue weighted by Crippen LogP contribution is 2.21. The molecule has 19 heavy (non-hydrogen) atoms. The van der Waals surface area contributed by atoms with Crippen molar-refractivity contribution in [3.05, 3.63) is 36.1 Å². The van der Waals surface area contributed by atoms with Gasteiger partial charge in [-0.1, -0.05) is 18.2 Å². The Hall–Kier alpha value is -1.36. The van der Waals surface area contributed by atoms with E-state index in [2.05, 4.69) is 18.3 Å². The lowest BCUT2D eigenvalue weighted by Crippen LogP contribution is -2.46. The molecule has 1 aromatic carbocycles. The zero-order chi connectivity index (χ0) is 13.7. The van der Waals surface area contributed by atoms with E-state index >= 15 is 0 Å². The molecule has 1 heterocycles. The number of para-hydroxylation sites is 1. The second kappa shape index (κ2) is 6.19. The minimum absolute atomic E-state index is 0.138. The smallest absolute Gasteiger partial charge is 0.134 e. The van der Waals surface area contributed by atoms with E-state index < -0.39 is 0 Å². The van der Waals surface area contributed by atoms with Gasteiger partial charge in [-0.3, -0.25) is 0 Å². The van der Waals surface area contributed by atoms with Gasteiger partial charge in [-0.05, 0) is 19.4 Å². The van der Waals surface area contributed by atoms with Gasteiger partial charge in [0.25, 0.3) is 0 Å². The summed E-state index contributed by atoms with van der Waals surface area (Å²) in [5, 5.41) is 13.7. The molecule has 4 nitrogen and oxygen atoms in total. The van der Waals surface area contributed by atoms with E-state index in [0.29, 0.717) is 19.6 Å². The molecule has 0 bridgehead atoms. The van der Waals surface area contributed by atoms with E-state index in [0.717, 1.165) is 16.5 Å². The maximum atomic E-state index is 9.14. The first kappa shape index (κ1) is 14.1. The molecule has 0 saturated heterocycles. The molecule has 104 valence electrons. The Morgan fingerprint density at radius 1 is 1.37 bits per heavy atom. The van der Waals surface area contributed by atoms with Gasteiger partial charge in [-0.25, -0.2) is 0 Å². The predicted molar refractivity (Wildman–Crippen MR) is 75.0 cm³/mol. The van der Waals surface area contributed by atoms with Gasteiger partial charge in [0.15, 0.2) is 0 Å². The Balaban J connectivity index is 2.08. The highest BCUT2D eigenvalue weighted by molar-refractivity contribution is 5.80. The maximum Gasteiger partial charge on any atom is 0.134 e. The van der Waals surface area contributed by atoms with Gasteiger partial charge in [-0.2, -0.15) is 0 Å². The van der Waals surface area contributed by atoms with Crippen LogP contribution in [0.1, 0.15) is 18.9 Å². The summed E-state index contributed by atoms with van der Waals surface area (Å²) < 4.78 is 10.7. The summed E-state index contributed by atoms with van der Waals surface area (Å²) in [5.74, 6) is 0. The van der Waals surface area contributed by atoms with Crippen LogP contribution in [0.15, 0.2) is 34.9 Å². The molecule has 0 saturated carbocycles. The van der Waals surface area contributed by atoms with Crippen molar-refractivity contribution in [1.82, 2.24) is 5.32 Å². The summed E-state index contributed by atoms with van der Waals surface area (Å²) in [6, 6.07) is 7.98. The number of nitrogens with one attached hydrogen (secondary N) is 1. The van der Waals surface area contributed by atoms with Crippen molar-refractivity contribution in [3.8, 4) is 0 Å². The summed E-state index contributed by atoms with van der Waals surface area (Å²) >= 11 is 0. The Bertz CT molecular complexity index is 515. The number of fused-ring (bicyclic) bond motifs is 1. The van der Waals surface area contributed by atoms with Crippen LogP contribution in [0, 0.1) is 0 Å². The van der Waals surface area contributed by atoms with Crippen LogP contribution in [0.4, 0.5) is 0 Å². The van der Waals surface area contributed by atoms with E-state index in [9.17, 15) is 0 Å². The van der Waals surface area contributed by atoms with Crippen LogP contribution in [0.25, 0.3) is 11.0 Å². The molecule has 0 spiro atoms. The summed E-state index contributed by atoms with van der Waals surface area (Å²) in [4.78, 5) is 0. The number of hydrogen-bond donors (Lipinski definition) is 2. The Morgan fingerprint density at radius 2 is 2.16 bits per heavy atom. The number of furan rings is 1. The quantitative estimate of drug-likeness (QED) is 0.805. The molecule has 0 aliphatic heterocycles. The van der Waals surface area contributed by atoms with Crippen molar-refractivity contribution >= 4 is 11.0 Å². The van der Waals surface area contributed by atoms with Gasteiger partial charge in [0.2, 0.25) is 0 Å². The molecular formula is C15H21NO3. The molecule has 0 fully saturated rings. The molecule has 0 aliphatic rings. The average Bonchev–Trinajstić information content (AvgIpc) is 2.80. The van der Waals surface area contributed by atoms with Gasteiger partial charge in [0, 0.05) is 36.8 Å². The number of methoxy groups -OCH3 is 1. The lowest BCUT2D eigenvalue weighted by atomic mass is 9.99. The first-order valence-corrected chi connectivity index (χ1v) is 6.48. The van der Waals surface area contributed by atoms with Gasteiger partial charge in [0.05, 0.1) is 12.9 Å². The number of aliphatic hydroxyl groups is 1. The highest BCUT2D eigenvalue weighted by atomic mass is 16.5. The van der Waals surface area contributed by atoms with Crippen molar-refractivity contribution in [2.75, 3.05) is 20.3 Å². The monoisotopic (exact) mass is 263 g/mol. The van der Waals surface area contributed by atoms with E-state index in [1.54, 1.807) is 13.4 Å². The zero-order valence-electron chi connectivity index (χ0n) is 11.5. The van der Waals surface area contributed by atoms with Crippen LogP contribution in [0.5, 0.6) is 0 Å². The van der Waals surface area contributed by atoms with Crippen molar-refractivity contribution < 1.29 is 14.3 Å². The van der Waals surface area contributed by atoms with Crippen LogP contribution in [0.3, 0.4) is 0 Å². The lowest BCUT2D eigenvalue weighted by Gasteiger charge is -2.29. The lowest BCUT2D eigenvalue weighted by molar-refractivity contribution is 0.0970. The summed E-state index contributed by atoms with van der Waals surface area (Å²) in [7, 11) is 1.67. The van der Waals surface area contributed by atoms with Gasteiger partial charge in [0.1, 0.15) is 5.58 Å². The third kappa shape index (κ3) is 3.35. The van der Waals surface area contributed by atoms with Gasteiger partial charge < -0.3 is 19.6 Å². The fraction of sp³-hybridized carbons (Fsp3) is 0.467. The molecule has 0 aliphatic carbocycles.